The number of nitrogens with two attached hydrogens (primary N) is 1. The van der Waals surface area contributed by atoms with E-state index in [2.05, 4.69) is 0 Å². The molecular weight excluding hydrogens is 269 g/mol. The van der Waals surface area contributed by atoms with Gasteiger partial charge in [0, 0.05) is 32.4 Å². The van der Waals surface area contributed by atoms with E-state index in [9.17, 15) is 9.18 Å². The summed E-state index contributed by atoms with van der Waals surface area (Å²) in [6, 6.07) is 11.0. The van der Waals surface area contributed by atoms with E-state index < -0.39 is 0 Å². The van der Waals surface area contributed by atoms with E-state index in [1.165, 1.54) is 17.0 Å². The molecule has 0 aliphatic rings. The van der Waals surface area contributed by atoms with Crippen LogP contribution in [0.3, 0.4) is 0 Å². The van der Waals surface area contributed by atoms with Crippen LogP contribution in [0.2, 0.25) is 0 Å². The molecule has 0 fully saturated rings. The monoisotopic (exact) mass is 287 g/mol. The van der Waals surface area contributed by atoms with Gasteiger partial charge in [-0.05, 0) is 36.4 Å². The second kappa shape index (κ2) is 5.83. The predicted octanol–water partition coefficient (Wildman–Crippen LogP) is 2.75. The van der Waals surface area contributed by atoms with Crippen LogP contribution in [0.1, 0.15) is 10.4 Å². The van der Waals surface area contributed by atoms with E-state index in [0.717, 1.165) is 5.69 Å². The number of carbonyl (C=O) groups excluding carboxylic acids is 1. The molecule has 0 heterocycles. The smallest absolute Gasteiger partial charge is 0.258 e. The van der Waals surface area contributed by atoms with Crippen molar-refractivity contribution in [2.45, 2.75) is 0 Å². The van der Waals surface area contributed by atoms with Crippen molar-refractivity contribution in [3.05, 3.63) is 53.8 Å². The molecule has 0 unspecified atom stereocenters. The van der Waals surface area contributed by atoms with Crippen LogP contribution in [0.25, 0.3) is 0 Å². The molecule has 0 spiro atoms. The first kappa shape index (κ1) is 14.8. The molecule has 5 heteroatoms. The fourth-order valence-corrected chi connectivity index (χ4v) is 2.09. The number of rotatable bonds is 3. The maximum atomic E-state index is 13.2. The van der Waals surface area contributed by atoms with Gasteiger partial charge in [-0.1, -0.05) is 6.07 Å². The topological polar surface area (TPSA) is 49.6 Å². The summed E-state index contributed by atoms with van der Waals surface area (Å²) in [7, 11) is 5.37. The van der Waals surface area contributed by atoms with Crippen molar-refractivity contribution in [1.29, 1.82) is 0 Å². The fraction of sp³-hybridized carbons (Fsp3) is 0.188. The van der Waals surface area contributed by atoms with E-state index in [0.29, 0.717) is 16.9 Å². The minimum Gasteiger partial charge on any atom is -0.397 e. The summed E-state index contributed by atoms with van der Waals surface area (Å²) >= 11 is 0. The number of nitrogens with zero attached hydrogens (tertiary/aromatic N) is 2. The maximum Gasteiger partial charge on any atom is 0.258 e. The molecule has 2 rings (SSSR count). The molecule has 0 bridgehead atoms. The Kier molecular flexibility index (Phi) is 4.12. The van der Waals surface area contributed by atoms with Gasteiger partial charge in [-0.15, -0.1) is 0 Å². The van der Waals surface area contributed by atoms with Crippen LogP contribution in [-0.4, -0.2) is 27.1 Å². The van der Waals surface area contributed by atoms with Crippen LogP contribution in [0.5, 0.6) is 0 Å². The third-order valence-corrected chi connectivity index (χ3v) is 3.26. The van der Waals surface area contributed by atoms with Crippen molar-refractivity contribution < 1.29 is 9.18 Å². The summed E-state index contributed by atoms with van der Waals surface area (Å²) in [6.45, 7) is 0. The molecule has 0 aliphatic carbocycles. The minimum atomic E-state index is -0.380. The van der Waals surface area contributed by atoms with Gasteiger partial charge in [0.15, 0.2) is 0 Å². The Hall–Kier alpha value is -2.56. The maximum absolute atomic E-state index is 13.2. The van der Waals surface area contributed by atoms with Gasteiger partial charge in [-0.3, -0.25) is 4.79 Å². The number of nitrogen functional groups attached to an aromatic ring is 1. The van der Waals surface area contributed by atoms with Gasteiger partial charge in [-0.2, -0.15) is 0 Å². The summed E-state index contributed by atoms with van der Waals surface area (Å²) in [4.78, 5) is 15.7. The Balaban J connectivity index is 2.29. The van der Waals surface area contributed by atoms with Gasteiger partial charge in [0.05, 0.1) is 11.4 Å². The van der Waals surface area contributed by atoms with Gasteiger partial charge in [0.25, 0.3) is 5.91 Å². The molecule has 4 nitrogen and oxygen atoms in total. The molecule has 21 heavy (non-hydrogen) atoms. The SMILES string of the molecule is CN(C)c1ccc(C(=O)N(C)c2cccc(F)c2)cc1N. The molecule has 0 saturated carbocycles. The number of halogens is 1. The van der Waals surface area contributed by atoms with Crippen molar-refractivity contribution >= 4 is 23.0 Å². The number of hydrogen-bond acceptors (Lipinski definition) is 3. The molecule has 1 amide bonds. The van der Waals surface area contributed by atoms with Gasteiger partial charge >= 0.3 is 0 Å². The molecule has 0 aromatic heterocycles. The summed E-state index contributed by atoms with van der Waals surface area (Å²) in [5, 5.41) is 0. The summed E-state index contributed by atoms with van der Waals surface area (Å²) in [6.07, 6.45) is 0. The van der Waals surface area contributed by atoms with E-state index in [4.69, 9.17) is 5.73 Å². The van der Waals surface area contributed by atoms with Crippen LogP contribution < -0.4 is 15.5 Å². The van der Waals surface area contributed by atoms with Crippen LogP contribution >= 0.6 is 0 Å². The number of hydrogen-bond donors (Lipinski definition) is 1. The Bertz CT molecular complexity index is 670. The van der Waals surface area contributed by atoms with Crippen molar-refractivity contribution in [3.8, 4) is 0 Å². The summed E-state index contributed by atoms with van der Waals surface area (Å²) in [5.41, 5.74) is 8.28. The average Bonchev–Trinajstić information content (AvgIpc) is 2.45. The summed E-state index contributed by atoms with van der Waals surface area (Å²) < 4.78 is 13.2. The third-order valence-electron chi connectivity index (χ3n) is 3.26. The fourth-order valence-electron chi connectivity index (χ4n) is 2.09. The first-order chi connectivity index (χ1) is 9.90. The van der Waals surface area contributed by atoms with Gasteiger partial charge < -0.3 is 15.5 Å². The largest absolute Gasteiger partial charge is 0.397 e. The first-order valence-corrected chi connectivity index (χ1v) is 6.50. The average molecular weight is 287 g/mol. The third kappa shape index (κ3) is 3.13. The molecule has 2 aromatic carbocycles. The number of carbonyl (C=O) groups is 1. The van der Waals surface area contributed by atoms with Gasteiger partial charge in [0.1, 0.15) is 5.82 Å². The molecule has 110 valence electrons. The predicted molar refractivity (Wildman–Crippen MR) is 84.3 cm³/mol. The van der Waals surface area contributed by atoms with Crippen LogP contribution in [0, 0.1) is 5.82 Å². The second-order valence-electron chi connectivity index (χ2n) is 5.01. The Morgan fingerprint density at radius 1 is 1.10 bits per heavy atom. The number of benzene rings is 2. The standard InChI is InChI=1S/C16H18FN3O/c1-19(2)15-8-7-11(9-14(15)18)16(21)20(3)13-6-4-5-12(17)10-13/h4-10H,18H2,1-3H3. The van der Waals surface area contributed by atoms with E-state index in [1.54, 1.807) is 37.4 Å². The lowest BCUT2D eigenvalue weighted by molar-refractivity contribution is 0.0993. The molecular formula is C16H18FN3O. The van der Waals surface area contributed by atoms with Gasteiger partial charge in [0.2, 0.25) is 0 Å². The van der Waals surface area contributed by atoms with Crippen molar-refractivity contribution in [3.63, 3.8) is 0 Å². The second-order valence-corrected chi connectivity index (χ2v) is 5.01. The van der Waals surface area contributed by atoms with Crippen molar-refractivity contribution in [1.82, 2.24) is 0 Å². The van der Waals surface area contributed by atoms with Crippen LogP contribution in [0.15, 0.2) is 42.5 Å². The number of anilines is 3. The number of amides is 1. The zero-order chi connectivity index (χ0) is 15.6. The van der Waals surface area contributed by atoms with Crippen LogP contribution in [0.4, 0.5) is 21.5 Å². The van der Waals surface area contributed by atoms with Crippen LogP contribution in [-0.2, 0) is 0 Å². The van der Waals surface area contributed by atoms with Gasteiger partial charge in [-0.25, -0.2) is 4.39 Å². The highest BCUT2D eigenvalue weighted by Gasteiger charge is 2.15. The molecule has 0 aliphatic heterocycles. The van der Waals surface area contributed by atoms with E-state index in [1.807, 2.05) is 19.0 Å². The lowest BCUT2D eigenvalue weighted by Gasteiger charge is -2.19. The van der Waals surface area contributed by atoms with Crippen molar-refractivity contribution in [2.24, 2.45) is 0 Å². The molecule has 0 atom stereocenters. The minimum absolute atomic E-state index is 0.238. The Morgan fingerprint density at radius 2 is 1.81 bits per heavy atom. The molecule has 0 saturated heterocycles. The quantitative estimate of drug-likeness (QED) is 0.883. The van der Waals surface area contributed by atoms with E-state index >= 15 is 0 Å². The molecule has 2 aromatic rings. The first-order valence-electron chi connectivity index (χ1n) is 6.50. The molecule has 0 radical (unpaired) electrons. The molecule has 2 N–H and O–H groups in total. The lowest BCUT2D eigenvalue weighted by atomic mass is 10.1. The lowest BCUT2D eigenvalue weighted by Crippen LogP contribution is -2.26. The zero-order valence-corrected chi connectivity index (χ0v) is 12.3. The highest BCUT2D eigenvalue weighted by molar-refractivity contribution is 6.06. The summed E-state index contributed by atoms with van der Waals surface area (Å²) in [5.74, 6) is -0.618. The van der Waals surface area contributed by atoms with E-state index in [-0.39, 0.29) is 11.7 Å². The Labute approximate surface area is 123 Å². The van der Waals surface area contributed by atoms with Crippen molar-refractivity contribution in [2.75, 3.05) is 36.7 Å². The normalized spacial score (nSPS) is 10.3. The Morgan fingerprint density at radius 3 is 2.38 bits per heavy atom. The highest BCUT2D eigenvalue weighted by Crippen LogP contribution is 2.24. The highest BCUT2D eigenvalue weighted by atomic mass is 19.1. The zero-order valence-electron chi connectivity index (χ0n) is 12.3.